The molecule has 3 rings (SSSR count). The van der Waals surface area contributed by atoms with Crippen LogP contribution in [0.15, 0.2) is 47.5 Å². The molecule has 29 heavy (non-hydrogen) atoms. The number of nitro benzene ring substituents is 1. The van der Waals surface area contributed by atoms with Crippen LogP contribution in [0.1, 0.15) is 11.1 Å². The Hall–Kier alpha value is -2.94. The summed E-state index contributed by atoms with van der Waals surface area (Å²) in [5.74, 6) is 3.26. The van der Waals surface area contributed by atoms with Gasteiger partial charge in [0.15, 0.2) is 17.5 Å². The summed E-state index contributed by atoms with van der Waals surface area (Å²) >= 11 is 1.76. The molecule has 1 aliphatic heterocycles. The van der Waals surface area contributed by atoms with Crippen molar-refractivity contribution in [2.45, 2.75) is 13.0 Å². The number of aliphatic imine (C=N–C) groups is 1. The van der Waals surface area contributed by atoms with E-state index in [0.29, 0.717) is 13.1 Å². The zero-order chi connectivity index (χ0) is 20.5. The fraction of sp³-hybridized carbons (Fsp3) is 0.350. The second-order valence-corrected chi connectivity index (χ2v) is 7.36. The van der Waals surface area contributed by atoms with E-state index >= 15 is 0 Å². The van der Waals surface area contributed by atoms with E-state index in [2.05, 4.69) is 21.9 Å². The van der Waals surface area contributed by atoms with Crippen molar-refractivity contribution in [2.75, 3.05) is 31.9 Å². The van der Waals surface area contributed by atoms with Gasteiger partial charge in [-0.2, -0.15) is 11.8 Å². The van der Waals surface area contributed by atoms with Gasteiger partial charge in [0.1, 0.15) is 0 Å². The van der Waals surface area contributed by atoms with Gasteiger partial charge >= 0.3 is 0 Å². The molecule has 154 valence electrons. The van der Waals surface area contributed by atoms with E-state index in [-0.39, 0.29) is 12.5 Å². The number of guanidine groups is 1. The SMILES string of the molecule is CSCCNC(=NCc1ccc([N+](=O)[O-])cc1)NCCc1ccc2c(c1)OCO2. The van der Waals surface area contributed by atoms with Crippen molar-refractivity contribution in [1.29, 1.82) is 0 Å². The molecule has 0 atom stereocenters. The number of nitrogens with zero attached hydrogens (tertiary/aromatic N) is 2. The molecule has 2 aromatic rings. The molecule has 0 aromatic heterocycles. The molecule has 8 nitrogen and oxygen atoms in total. The van der Waals surface area contributed by atoms with Gasteiger partial charge in [0.2, 0.25) is 6.79 Å². The number of ether oxygens (including phenoxy) is 2. The predicted molar refractivity (Wildman–Crippen MR) is 115 cm³/mol. The molecule has 9 heteroatoms. The Morgan fingerprint density at radius 1 is 1.10 bits per heavy atom. The van der Waals surface area contributed by atoms with Crippen LogP contribution in [0.25, 0.3) is 0 Å². The lowest BCUT2D eigenvalue weighted by Crippen LogP contribution is -2.39. The van der Waals surface area contributed by atoms with Crippen LogP contribution in [-0.2, 0) is 13.0 Å². The highest BCUT2D eigenvalue weighted by Gasteiger charge is 2.13. The molecule has 0 radical (unpaired) electrons. The van der Waals surface area contributed by atoms with Gasteiger partial charge in [-0.3, -0.25) is 10.1 Å². The van der Waals surface area contributed by atoms with Crippen molar-refractivity contribution in [2.24, 2.45) is 4.99 Å². The summed E-state index contributed by atoms with van der Waals surface area (Å²) in [7, 11) is 0. The normalized spacial score (nSPS) is 12.7. The summed E-state index contributed by atoms with van der Waals surface area (Å²) < 4.78 is 10.8. The van der Waals surface area contributed by atoms with Crippen molar-refractivity contribution in [3.8, 4) is 11.5 Å². The number of non-ortho nitro benzene ring substituents is 1. The Kier molecular flexibility index (Phi) is 7.57. The van der Waals surface area contributed by atoms with Crippen molar-refractivity contribution >= 4 is 23.4 Å². The molecule has 0 spiro atoms. The van der Waals surface area contributed by atoms with E-state index < -0.39 is 4.92 Å². The Labute approximate surface area is 173 Å². The maximum atomic E-state index is 10.8. The molecule has 1 aliphatic rings. The van der Waals surface area contributed by atoms with Crippen LogP contribution in [0.2, 0.25) is 0 Å². The number of fused-ring (bicyclic) bond motifs is 1. The summed E-state index contributed by atoms with van der Waals surface area (Å²) in [6.07, 6.45) is 2.87. The van der Waals surface area contributed by atoms with Crippen molar-refractivity contribution in [1.82, 2.24) is 10.6 Å². The molecule has 0 bridgehead atoms. The van der Waals surface area contributed by atoms with E-state index in [1.165, 1.54) is 12.1 Å². The fourth-order valence-electron chi connectivity index (χ4n) is 2.76. The highest BCUT2D eigenvalue weighted by atomic mass is 32.2. The summed E-state index contributed by atoms with van der Waals surface area (Å²) in [4.78, 5) is 15.0. The minimum absolute atomic E-state index is 0.0814. The first-order valence-electron chi connectivity index (χ1n) is 9.28. The standard InChI is InChI=1S/C20H24N4O4S/c1-29-11-10-22-20(23-13-16-2-5-17(6-3-16)24(25)26)21-9-8-15-4-7-18-19(12-15)28-14-27-18/h2-7,12H,8-11,13-14H2,1H3,(H2,21,22,23). The first kappa shape index (κ1) is 20.8. The topological polar surface area (TPSA) is 98.0 Å². The van der Waals surface area contributed by atoms with Crippen molar-refractivity contribution < 1.29 is 14.4 Å². The van der Waals surface area contributed by atoms with Gasteiger partial charge in [-0.25, -0.2) is 4.99 Å². The Balaban J connectivity index is 1.55. The molecular weight excluding hydrogens is 392 g/mol. The maximum absolute atomic E-state index is 10.8. The summed E-state index contributed by atoms with van der Waals surface area (Å²) in [6.45, 7) is 2.23. The molecule has 0 saturated carbocycles. The number of hydrogen-bond donors (Lipinski definition) is 2. The van der Waals surface area contributed by atoms with E-state index in [1.807, 2.05) is 18.2 Å². The maximum Gasteiger partial charge on any atom is 0.269 e. The van der Waals surface area contributed by atoms with Crippen LogP contribution < -0.4 is 20.1 Å². The van der Waals surface area contributed by atoms with Gasteiger partial charge in [0.25, 0.3) is 5.69 Å². The highest BCUT2D eigenvalue weighted by molar-refractivity contribution is 7.98. The quantitative estimate of drug-likeness (QED) is 0.213. The largest absolute Gasteiger partial charge is 0.454 e. The molecule has 2 N–H and O–H groups in total. The number of thioether (sulfide) groups is 1. The number of nitrogens with one attached hydrogen (secondary N) is 2. The molecule has 0 aliphatic carbocycles. The minimum Gasteiger partial charge on any atom is -0.454 e. The van der Waals surface area contributed by atoms with Crippen LogP contribution >= 0.6 is 11.8 Å². The van der Waals surface area contributed by atoms with Crippen LogP contribution in [0, 0.1) is 10.1 Å². The zero-order valence-corrected chi connectivity index (χ0v) is 17.0. The van der Waals surface area contributed by atoms with Gasteiger partial charge in [-0.15, -0.1) is 0 Å². The van der Waals surface area contributed by atoms with E-state index in [1.54, 1.807) is 23.9 Å². The number of nitro groups is 1. The first-order chi connectivity index (χ1) is 14.2. The van der Waals surface area contributed by atoms with Gasteiger partial charge in [-0.05, 0) is 35.9 Å². The molecule has 1 heterocycles. The average Bonchev–Trinajstić information content (AvgIpc) is 3.20. The first-order valence-corrected chi connectivity index (χ1v) is 10.7. The lowest BCUT2D eigenvalue weighted by molar-refractivity contribution is -0.384. The monoisotopic (exact) mass is 416 g/mol. The lowest BCUT2D eigenvalue weighted by Gasteiger charge is -2.12. The third kappa shape index (κ3) is 6.28. The molecule has 0 amide bonds. The molecule has 0 unspecified atom stereocenters. The van der Waals surface area contributed by atoms with Crippen molar-refractivity contribution in [3.63, 3.8) is 0 Å². The molecule has 0 fully saturated rings. The van der Waals surface area contributed by atoms with E-state index in [9.17, 15) is 10.1 Å². The van der Waals surface area contributed by atoms with Crippen LogP contribution in [-0.4, -0.2) is 42.8 Å². The summed E-state index contributed by atoms with van der Waals surface area (Å²) in [5, 5.41) is 17.4. The van der Waals surface area contributed by atoms with E-state index in [4.69, 9.17) is 9.47 Å². The minimum atomic E-state index is -0.403. The number of hydrogen-bond acceptors (Lipinski definition) is 6. The Bertz CT molecular complexity index is 858. The summed E-state index contributed by atoms with van der Waals surface area (Å²) in [6, 6.07) is 12.4. The smallest absolute Gasteiger partial charge is 0.269 e. The van der Waals surface area contributed by atoms with Gasteiger partial charge < -0.3 is 20.1 Å². The highest BCUT2D eigenvalue weighted by Crippen LogP contribution is 2.32. The number of rotatable bonds is 9. The molecular formula is C20H24N4O4S. The Morgan fingerprint density at radius 3 is 2.59 bits per heavy atom. The third-order valence-corrected chi connectivity index (χ3v) is 4.92. The van der Waals surface area contributed by atoms with Crippen LogP contribution in [0.4, 0.5) is 5.69 Å². The molecule has 2 aromatic carbocycles. The third-order valence-electron chi connectivity index (χ3n) is 4.31. The number of benzene rings is 2. The van der Waals surface area contributed by atoms with Gasteiger partial charge in [0.05, 0.1) is 11.5 Å². The lowest BCUT2D eigenvalue weighted by atomic mass is 10.1. The Morgan fingerprint density at radius 2 is 1.83 bits per heavy atom. The van der Waals surface area contributed by atoms with E-state index in [0.717, 1.165) is 47.3 Å². The fourth-order valence-corrected chi connectivity index (χ4v) is 3.07. The predicted octanol–water partition coefficient (Wildman–Crippen LogP) is 2.96. The zero-order valence-electron chi connectivity index (χ0n) is 16.2. The summed E-state index contributed by atoms with van der Waals surface area (Å²) in [5.41, 5.74) is 2.15. The van der Waals surface area contributed by atoms with Crippen LogP contribution in [0.5, 0.6) is 11.5 Å². The van der Waals surface area contributed by atoms with Crippen molar-refractivity contribution in [3.05, 3.63) is 63.7 Å². The second kappa shape index (κ2) is 10.6. The van der Waals surface area contributed by atoms with Crippen LogP contribution in [0.3, 0.4) is 0 Å². The van der Waals surface area contributed by atoms with Gasteiger partial charge in [-0.1, -0.05) is 18.2 Å². The van der Waals surface area contributed by atoms with Gasteiger partial charge in [0, 0.05) is 31.0 Å². The molecule has 0 saturated heterocycles. The average molecular weight is 417 g/mol. The second-order valence-electron chi connectivity index (χ2n) is 6.37.